The Bertz CT molecular complexity index is 399. The van der Waals surface area contributed by atoms with Gasteiger partial charge in [0.15, 0.2) is 0 Å². The van der Waals surface area contributed by atoms with Crippen molar-refractivity contribution in [3.63, 3.8) is 0 Å². The van der Waals surface area contributed by atoms with Crippen LogP contribution in [0.2, 0.25) is 0 Å². The Balaban J connectivity index is 1.73. The van der Waals surface area contributed by atoms with E-state index in [1.165, 1.54) is 0 Å². The molecule has 1 aliphatic carbocycles. The van der Waals surface area contributed by atoms with Gasteiger partial charge in [-0.1, -0.05) is 30.3 Å². The molecule has 0 aromatic heterocycles. The van der Waals surface area contributed by atoms with Crippen LogP contribution in [0.1, 0.15) is 37.5 Å². The van der Waals surface area contributed by atoms with Crippen molar-refractivity contribution in [2.75, 3.05) is 6.54 Å². The highest BCUT2D eigenvalue weighted by molar-refractivity contribution is 5.69. The zero-order chi connectivity index (χ0) is 13.7. The normalized spacial score (nSPS) is 24.9. The number of carboxylic acid groups (broad SMARTS) is 1. The quantitative estimate of drug-likeness (QED) is 0.712. The molecule has 3 N–H and O–H groups in total. The molecule has 1 aromatic carbocycles. The maximum Gasteiger partial charge on any atom is 0.306 e. The third-order valence-corrected chi connectivity index (χ3v) is 3.91. The minimum atomic E-state index is -0.671. The average molecular weight is 263 g/mol. The smallest absolute Gasteiger partial charge is 0.306 e. The zero-order valence-electron chi connectivity index (χ0n) is 11.0. The van der Waals surface area contributed by atoms with Crippen LogP contribution in [0.5, 0.6) is 0 Å². The number of aliphatic hydroxyl groups is 1. The number of aliphatic carboxylic acids is 1. The number of hydrogen-bond donors (Lipinski definition) is 3. The van der Waals surface area contributed by atoms with Gasteiger partial charge in [-0.25, -0.2) is 0 Å². The molecular formula is C15H21NO3. The molecule has 0 radical (unpaired) electrons. The number of carboxylic acids is 1. The Kier molecular flexibility index (Phi) is 4.93. The SMILES string of the molecule is O=C(O)C1CCC(CNC(O)c2ccccc2)CC1. The van der Waals surface area contributed by atoms with Gasteiger partial charge in [-0.3, -0.25) is 10.1 Å². The fourth-order valence-corrected chi connectivity index (χ4v) is 2.65. The number of rotatable bonds is 5. The summed E-state index contributed by atoms with van der Waals surface area (Å²) in [6.07, 6.45) is 2.71. The Morgan fingerprint density at radius 3 is 2.42 bits per heavy atom. The first kappa shape index (κ1) is 14.0. The third-order valence-electron chi connectivity index (χ3n) is 3.91. The van der Waals surface area contributed by atoms with Crippen molar-refractivity contribution in [3.05, 3.63) is 35.9 Å². The van der Waals surface area contributed by atoms with E-state index in [1.807, 2.05) is 30.3 Å². The van der Waals surface area contributed by atoms with Gasteiger partial charge in [0.25, 0.3) is 0 Å². The summed E-state index contributed by atoms with van der Waals surface area (Å²) in [4.78, 5) is 10.9. The van der Waals surface area contributed by atoms with E-state index in [1.54, 1.807) is 0 Å². The zero-order valence-corrected chi connectivity index (χ0v) is 11.0. The van der Waals surface area contributed by atoms with Crippen molar-refractivity contribution < 1.29 is 15.0 Å². The Hall–Kier alpha value is -1.39. The van der Waals surface area contributed by atoms with Crippen LogP contribution in [0.25, 0.3) is 0 Å². The van der Waals surface area contributed by atoms with E-state index in [4.69, 9.17) is 5.11 Å². The summed E-state index contributed by atoms with van der Waals surface area (Å²) < 4.78 is 0. The standard InChI is InChI=1S/C15H21NO3/c17-14(12-4-2-1-3-5-12)16-10-11-6-8-13(9-7-11)15(18)19/h1-5,11,13-14,16-17H,6-10H2,(H,18,19). The molecule has 1 aromatic rings. The summed E-state index contributed by atoms with van der Waals surface area (Å²) in [6, 6.07) is 9.50. The summed E-state index contributed by atoms with van der Waals surface area (Å²) in [7, 11) is 0. The number of benzene rings is 1. The Labute approximate surface area is 113 Å². The number of nitrogens with one attached hydrogen (secondary N) is 1. The molecule has 0 amide bonds. The summed E-state index contributed by atoms with van der Waals surface area (Å²) in [6.45, 7) is 0.738. The summed E-state index contributed by atoms with van der Waals surface area (Å²) in [5.41, 5.74) is 0.863. The van der Waals surface area contributed by atoms with Crippen LogP contribution >= 0.6 is 0 Å². The predicted octanol–water partition coefficient (Wildman–Crippen LogP) is 2.16. The number of carbonyl (C=O) groups is 1. The van der Waals surface area contributed by atoms with Crippen molar-refractivity contribution in [2.45, 2.75) is 31.9 Å². The summed E-state index contributed by atoms with van der Waals surface area (Å²) >= 11 is 0. The summed E-state index contributed by atoms with van der Waals surface area (Å²) in [5.74, 6) is -0.375. The first-order valence-corrected chi connectivity index (χ1v) is 6.86. The van der Waals surface area contributed by atoms with E-state index in [2.05, 4.69) is 5.32 Å². The number of aliphatic hydroxyl groups excluding tert-OH is 1. The van der Waals surface area contributed by atoms with E-state index in [-0.39, 0.29) is 5.92 Å². The van der Waals surface area contributed by atoms with Crippen molar-refractivity contribution in [2.24, 2.45) is 11.8 Å². The van der Waals surface area contributed by atoms with Gasteiger partial charge in [0.2, 0.25) is 0 Å². The van der Waals surface area contributed by atoms with Crippen molar-refractivity contribution in [1.82, 2.24) is 5.32 Å². The second-order valence-electron chi connectivity index (χ2n) is 5.28. The van der Waals surface area contributed by atoms with Crippen LogP contribution < -0.4 is 5.32 Å². The van der Waals surface area contributed by atoms with Gasteiger partial charge < -0.3 is 10.2 Å². The molecule has 1 unspecified atom stereocenters. The Morgan fingerprint density at radius 1 is 1.21 bits per heavy atom. The minimum absolute atomic E-state index is 0.171. The molecule has 1 saturated carbocycles. The highest BCUT2D eigenvalue weighted by Gasteiger charge is 2.25. The molecule has 0 aliphatic heterocycles. The lowest BCUT2D eigenvalue weighted by atomic mass is 9.82. The van der Waals surface area contributed by atoms with Gasteiger partial charge in [0.05, 0.1) is 5.92 Å². The van der Waals surface area contributed by atoms with Crippen LogP contribution in [0.4, 0.5) is 0 Å². The first-order chi connectivity index (χ1) is 9.16. The lowest BCUT2D eigenvalue weighted by molar-refractivity contribution is -0.143. The molecule has 19 heavy (non-hydrogen) atoms. The van der Waals surface area contributed by atoms with Gasteiger partial charge >= 0.3 is 5.97 Å². The molecule has 1 aliphatic rings. The molecule has 2 rings (SSSR count). The fourth-order valence-electron chi connectivity index (χ4n) is 2.65. The topological polar surface area (TPSA) is 69.6 Å². The van der Waals surface area contributed by atoms with Crippen LogP contribution in [-0.2, 0) is 4.79 Å². The lowest BCUT2D eigenvalue weighted by Gasteiger charge is -2.27. The Morgan fingerprint density at radius 2 is 1.84 bits per heavy atom. The highest BCUT2D eigenvalue weighted by Crippen LogP contribution is 2.28. The van der Waals surface area contributed by atoms with Gasteiger partial charge in [-0.2, -0.15) is 0 Å². The van der Waals surface area contributed by atoms with Gasteiger partial charge in [-0.05, 0) is 37.2 Å². The number of hydrogen-bond acceptors (Lipinski definition) is 3. The molecule has 104 valence electrons. The van der Waals surface area contributed by atoms with Crippen LogP contribution in [0, 0.1) is 11.8 Å². The monoisotopic (exact) mass is 263 g/mol. The largest absolute Gasteiger partial charge is 0.481 e. The summed E-state index contributed by atoms with van der Waals surface area (Å²) in [5, 5.41) is 22.0. The molecule has 0 heterocycles. The molecule has 0 bridgehead atoms. The van der Waals surface area contributed by atoms with E-state index < -0.39 is 12.2 Å². The average Bonchev–Trinajstić information content (AvgIpc) is 2.46. The third kappa shape index (κ3) is 4.04. The van der Waals surface area contributed by atoms with Crippen LogP contribution in [-0.4, -0.2) is 22.7 Å². The lowest BCUT2D eigenvalue weighted by Crippen LogP contribution is -2.31. The van der Waals surface area contributed by atoms with E-state index in [0.717, 1.165) is 37.8 Å². The maximum absolute atomic E-state index is 10.9. The van der Waals surface area contributed by atoms with E-state index in [9.17, 15) is 9.90 Å². The van der Waals surface area contributed by atoms with Crippen molar-refractivity contribution >= 4 is 5.97 Å². The van der Waals surface area contributed by atoms with Crippen LogP contribution in [0.15, 0.2) is 30.3 Å². The second kappa shape index (κ2) is 6.68. The molecular weight excluding hydrogens is 242 g/mol. The molecule has 1 fully saturated rings. The van der Waals surface area contributed by atoms with Crippen molar-refractivity contribution in [1.29, 1.82) is 0 Å². The second-order valence-corrected chi connectivity index (χ2v) is 5.28. The van der Waals surface area contributed by atoms with Crippen molar-refractivity contribution in [3.8, 4) is 0 Å². The van der Waals surface area contributed by atoms with E-state index >= 15 is 0 Å². The van der Waals surface area contributed by atoms with Crippen LogP contribution in [0.3, 0.4) is 0 Å². The molecule has 4 nitrogen and oxygen atoms in total. The highest BCUT2D eigenvalue weighted by atomic mass is 16.4. The fraction of sp³-hybridized carbons (Fsp3) is 0.533. The predicted molar refractivity (Wildman–Crippen MR) is 72.5 cm³/mol. The van der Waals surface area contributed by atoms with Gasteiger partial charge in [-0.15, -0.1) is 0 Å². The molecule has 4 heteroatoms. The van der Waals surface area contributed by atoms with Gasteiger partial charge in [0, 0.05) is 6.54 Å². The maximum atomic E-state index is 10.9. The minimum Gasteiger partial charge on any atom is -0.481 e. The van der Waals surface area contributed by atoms with Gasteiger partial charge in [0.1, 0.15) is 6.23 Å². The molecule has 1 atom stereocenters. The first-order valence-electron chi connectivity index (χ1n) is 6.86. The van der Waals surface area contributed by atoms with E-state index in [0.29, 0.717) is 5.92 Å². The molecule has 0 saturated heterocycles. The molecule has 0 spiro atoms.